The fraction of sp³-hybridized carbons (Fsp3) is 0.417. The smallest absolute Gasteiger partial charge is 0.411 e. The average molecular weight is 220 g/mol. The third-order valence-electron chi connectivity index (χ3n) is 2.87. The van der Waals surface area contributed by atoms with Crippen LogP contribution in [0.15, 0.2) is 18.2 Å². The first kappa shape index (κ1) is 10.8. The Morgan fingerprint density at radius 3 is 3.06 bits per heavy atom. The number of nitrogens with zero attached hydrogens (tertiary/aromatic N) is 1. The van der Waals surface area contributed by atoms with Gasteiger partial charge in [0.2, 0.25) is 0 Å². The van der Waals surface area contributed by atoms with Crippen LogP contribution >= 0.6 is 0 Å². The number of anilines is 2. The van der Waals surface area contributed by atoms with Crippen LogP contribution in [0.1, 0.15) is 12.0 Å². The number of benzene rings is 1. The molecule has 0 aliphatic carbocycles. The van der Waals surface area contributed by atoms with E-state index in [1.54, 1.807) is 0 Å². The predicted molar refractivity (Wildman–Crippen MR) is 64.1 cm³/mol. The second-order valence-corrected chi connectivity index (χ2v) is 3.99. The largest absolute Gasteiger partial charge is 0.453 e. The molecule has 1 amide bonds. The first-order valence-corrected chi connectivity index (χ1v) is 5.40. The number of methoxy groups -OCH3 is 1. The number of amides is 1. The summed E-state index contributed by atoms with van der Waals surface area (Å²) in [6.07, 6.45) is 1.87. The molecule has 4 heteroatoms. The summed E-state index contributed by atoms with van der Waals surface area (Å²) in [5.74, 6) is 0. The van der Waals surface area contributed by atoms with Crippen molar-refractivity contribution in [2.75, 3.05) is 30.9 Å². The molecule has 2 rings (SSSR count). The van der Waals surface area contributed by atoms with Crippen molar-refractivity contribution in [1.29, 1.82) is 0 Å². The summed E-state index contributed by atoms with van der Waals surface area (Å²) in [6, 6.07) is 5.97. The molecule has 1 heterocycles. The maximum atomic E-state index is 11.1. The molecule has 1 aliphatic heterocycles. The Labute approximate surface area is 95.2 Å². The molecule has 0 atom stereocenters. The van der Waals surface area contributed by atoms with Gasteiger partial charge in [0.25, 0.3) is 0 Å². The molecule has 0 fully saturated rings. The molecule has 0 unspecified atom stereocenters. The third kappa shape index (κ3) is 2.10. The van der Waals surface area contributed by atoms with E-state index in [0.717, 1.165) is 18.7 Å². The van der Waals surface area contributed by atoms with Gasteiger partial charge in [-0.25, -0.2) is 4.79 Å². The summed E-state index contributed by atoms with van der Waals surface area (Å²) < 4.78 is 4.56. The van der Waals surface area contributed by atoms with Gasteiger partial charge in [0.05, 0.1) is 7.11 Å². The summed E-state index contributed by atoms with van der Waals surface area (Å²) in [4.78, 5) is 13.3. The number of hydrogen-bond acceptors (Lipinski definition) is 3. The molecule has 86 valence electrons. The van der Waals surface area contributed by atoms with Gasteiger partial charge >= 0.3 is 6.09 Å². The van der Waals surface area contributed by atoms with Crippen molar-refractivity contribution in [3.05, 3.63) is 23.8 Å². The van der Waals surface area contributed by atoms with Gasteiger partial charge in [-0.2, -0.15) is 0 Å². The van der Waals surface area contributed by atoms with Crippen molar-refractivity contribution < 1.29 is 9.53 Å². The summed E-state index contributed by atoms with van der Waals surface area (Å²) in [5, 5.41) is 2.67. The molecule has 0 spiro atoms. The molecule has 1 aromatic carbocycles. The molecule has 0 aromatic heterocycles. The first-order chi connectivity index (χ1) is 7.70. The van der Waals surface area contributed by atoms with Gasteiger partial charge in [0, 0.05) is 25.0 Å². The second-order valence-electron chi connectivity index (χ2n) is 3.99. The van der Waals surface area contributed by atoms with E-state index in [9.17, 15) is 4.79 Å². The number of carbonyl (C=O) groups is 1. The molecule has 1 aliphatic rings. The Morgan fingerprint density at radius 1 is 1.50 bits per heavy atom. The Hall–Kier alpha value is -1.71. The monoisotopic (exact) mass is 220 g/mol. The maximum Gasteiger partial charge on any atom is 0.411 e. The number of nitrogens with one attached hydrogen (secondary N) is 1. The van der Waals surface area contributed by atoms with Gasteiger partial charge in [-0.15, -0.1) is 0 Å². The van der Waals surface area contributed by atoms with Gasteiger partial charge in [0.1, 0.15) is 0 Å². The predicted octanol–water partition coefficient (Wildman–Crippen LogP) is 2.25. The lowest BCUT2D eigenvalue weighted by Crippen LogP contribution is -2.24. The van der Waals surface area contributed by atoms with Crippen LogP contribution in [0.2, 0.25) is 0 Å². The van der Waals surface area contributed by atoms with Crippen molar-refractivity contribution in [2.24, 2.45) is 0 Å². The lowest BCUT2D eigenvalue weighted by atomic mass is 10.0. The fourth-order valence-electron chi connectivity index (χ4n) is 2.00. The van der Waals surface area contributed by atoms with Gasteiger partial charge < -0.3 is 9.64 Å². The van der Waals surface area contributed by atoms with E-state index in [1.807, 2.05) is 12.1 Å². The number of rotatable bonds is 1. The van der Waals surface area contributed by atoms with Crippen LogP contribution in [0.25, 0.3) is 0 Å². The third-order valence-corrected chi connectivity index (χ3v) is 2.87. The zero-order valence-corrected chi connectivity index (χ0v) is 9.62. The van der Waals surface area contributed by atoms with Crippen LogP contribution in [0.5, 0.6) is 0 Å². The number of aryl methyl sites for hydroxylation is 1. The molecule has 0 radical (unpaired) electrons. The minimum absolute atomic E-state index is 0.432. The molecule has 16 heavy (non-hydrogen) atoms. The highest BCUT2D eigenvalue weighted by molar-refractivity contribution is 5.85. The molecule has 1 aromatic rings. The minimum Gasteiger partial charge on any atom is -0.453 e. The van der Waals surface area contributed by atoms with E-state index in [-0.39, 0.29) is 0 Å². The quantitative estimate of drug-likeness (QED) is 0.789. The Kier molecular flexibility index (Phi) is 2.99. The lowest BCUT2D eigenvalue weighted by molar-refractivity contribution is 0.187. The highest BCUT2D eigenvalue weighted by Crippen LogP contribution is 2.28. The van der Waals surface area contributed by atoms with E-state index in [2.05, 4.69) is 28.1 Å². The normalized spacial score (nSPS) is 14.2. The standard InChI is InChI=1S/C12H16N2O2/c1-14-7-3-4-9-5-6-10(8-11(9)14)13-12(15)16-2/h5-6,8H,3-4,7H2,1-2H3,(H,13,15). The number of carbonyl (C=O) groups excluding carboxylic acids is 1. The average Bonchev–Trinajstić information content (AvgIpc) is 2.30. The second kappa shape index (κ2) is 4.43. The van der Waals surface area contributed by atoms with E-state index < -0.39 is 6.09 Å². The number of ether oxygens (including phenoxy) is 1. The Balaban J connectivity index is 2.23. The molecule has 1 N–H and O–H groups in total. The summed E-state index contributed by atoms with van der Waals surface area (Å²) in [7, 11) is 3.43. The van der Waals surface area contributed by atoms with Crippen LogP contribution in [0, 0.1) is 0 Å². The van der Waals surface area contributed by atoms with E-state index >= 15 is 0 Å². The van der Waals surface area contributed by atoms with Crippen molar-refractivity contribution >= 4 is 17.5 Å². The summed E-state index contributed by atoms with van der Waals surface area (Å²) in [5.41, 5.74) is 3.31. The molecule has 4 nitrogen and oxygen atoms in total. The van der Waals surface area contributed by atoms with E-state index in [0.29, 0.717) is 0 Å². The zero-order valence-electron chi connectivity index (χ0n) is 9.62. The fourth-order valence-corrected chi connectivity index (χ4v) is 2.00. The summed E-state index contributed by atoms with van der Waals surface area (Å²) >= 11 is 0. The molecule has 0 saturated carbocycles. The zero-order chi connectivity index (χ0) is 11.5. The molecular weight excluding hydrogens is 204 g/mol. The van der Waals surface area contributed by atoms with Crippen LogP contribution < -0.4 is 10.2 Å². The highest BCUT2D eigenvalue weighted by atomic mass is 16.5. The van der Waals surface area contributed by atoms with Gasteiger partial charge in [0.15, 0.2) is 0 Å². The van der Waals surface area contributed by atoms with Crippen molar-refractivity contribution in [2.45, 2.75) is 12.8 Å². The topological polar surface area (TPSA) is 41.6 Å². The maximum absolute atomic E-state index is 11.1. The Bertz CT molecular complexity index is 404. The van der Waals surface area contributed by atoms with Crippen LogP contribution in [0.4, 0.5) is 16.2 Å². The lowest BCUT2D eigenvalue weighted by Gasteiger charge is -2.27. The minimum atomic E-state index is -0.432. The first-order valence-electron chi connectivity index (χ1n) is 5.40. The van der Waals surface area contributed by atoms with E-state index in [4.69, 9.17) is 0 Å². The molecular formula is C12H16N2O2. The van der Waals surface area contributed by atoms with E-state index in [1.165, 1.54) is 24.8 Å². The van der Waals surface area contributed by atoms with Crippen molar-refractivity contribution in [3.63, 3.8) is 0 Å². The highest BCUT2D eigenvalue weighted by Gasteiger charge is 2.14. The van der Waals surface area contributed by atoms with Crippen LogP contribution in [-0.4, -0.2) is 26.8 Å². The van der Waals surface area contributed by atoms with Gasteiger partial charge in [-0.1, -0.05) is 6.07 Å². The van der Waals surface area contributed by atoms with Crippen molar-refractivity contribution in [3.8, 4) is 0 Å². The summed E-state index contributed by atoms with van der Waals surface area (Å²) in [6.45, 7) is 1.06. The van der Waals surface area contributed by atoms with Crippen molar-refractivity contribution in [1.82, 2.24) is 0 Å². The van der Waals surface area contributed by atoms with Gasteiger partial charge in [-0.05, 0) is 30.5 Å². The van der Waals surface area contributed by atoms with Crippen LogP contribution in [-0.2, 0) is 11.2 Å². The Morgan fingerprint density at radius 2 is 2.31 bits per heavy atom. The number of fused-ring (bicyclic) bond motifs is 1. The molecule has 0 bridgehead atoms. The van der Waals surface area contributed by atoms with Crippen LogP contribution in [0.3, 0.4) is 0 Å². The van der Waals surface area contributed by atoms with Gasteiger partial charge in [-0.3, -0.25) is 5.32 Å². The SMILES string of the molecule is COC(=O)Nc1ccc2c(c1)N(C)CCC2. The number of hydrogen-bond donors (Lipinski definition) is 1. The molecule has 0 saturated heterocycles.